The quantitative estimate of drug-likeness (QED) is 0.321. The molecule has 0 unspecified atom stereocenters. The number of aryl methyl sites for hydroxylation is 1. The number of para-hydroxylation sites is 1. The molecule has 3 aromatic rings. The zero-order chi connectivity index (χ0) is 24.2. The minimum Gasteiger partial charge on any atom is -0.321 e. The smallest absolute Gasteiger partial charge is 0.269 e. The molecule has 0 aliphatic carbocycles. The van der Waals surface area contributed by atoms with Crippen LogP contribution in [0, 0.1) is 18.3 Å². The van der Waals surface area contributed by atoms with Crippen LogP contribution in [-0.2, 0) is 16.0 Å². The first-order valence-electron chi connectivity index (χ1n) is 10.4. The second-order valence-corrected chi connectivity index (χ2v) is 9.69. The molecular formula is C26H19Cl2N3O2S. The molecule has 5 nitrogen and oxygen atoms in total. The van der Waals surface area contributed by atoms with Gasteiger partial charge in [0.15, 0.2) is 0 Å². The van der Waals surface area contributed by atoms with Gasteiger partial charge in [0.05, 0.1) is 15.3 Å². The number of carbonyl (C=O) groups is 2. The zero-order valence-corrected chi connectivity index (χ0v) is 20.4. The van der Waals surface area contributed by atoms with E-state index in [0.717, 1.165) is 11.1 Å². The summed E-state index contributed by atoms with van der Waals surface area (Å²) in [4.78, 5) is 28.0. The number of rotatable bonds is 5. The fraction of sp³-hybridized carbons (Fsp3) is 0.115. The molecule has 1 heterocycles. The number of hydrogen-bond acceptors (Lipinski definition) is 4. The molecule has 170 valence electrons. The van der Waals surface area contributed by atoms with E-state index >= 15 is 0 Å². The fourth-order valence-corrected chi connectivity index (χ4v) is 5.14. The van der Waals surface area contributed by atoms with Crippen LogP contribution in [0.3, 0.4) is 0 Å². The second-order valence-electron chi connectivity index (χ2n) is 7.68. The van der Waals surface area contributed by atoms with Crippen LogP contribution in [0.15, 0.2) is 83.4 Å². The zero-order valence-electron chi connectivity index (χ0n) is 18.1. The Labute approximate surface area is 212 Å². The number of nitrogens with one attached hydrogen (secondary N) is 1. The highest BCUT2D eigenvalue weighted by molar-refractivity contribution is 8.05. The summed E-state index contributed by atoms with van der Waals surface area (Å²) in [5.74, 6) is -0.786. The fourth-order valence-electron chi connectivity index (χ4n) is 3.51. The molecule has 0 saturated carbocycles. The van der Waals surface area contributed by atoms with Crippen LogP contribution in [-0.4, -0.2) is 17.1 Å². The molecule has 0 aromatic heterocycles. The summed E-state index contributed by atoms with van der Waals surface area (Å²) in [6.07, 6.45) is 0.367. The molecule has 0 spiro atoms. The first-order chi connectivity index (χ1) is 16.4. The lowest BCUT2D eigenvalue weighted by molar-refractivity contribution is -0.117. The average molecular weight is 508 g/mol. The van der Waals surface area contributed by atoms with Crippen LogP contribution in [0.1, 0.15) is 11.1 Å². The van der Waals surface area contributed by atoms with Gasteiger partial charge in [0, 0.05) is 11.4 Å². The Hall–Kier alpha value is -3.24. The Bertz CT molecular complexity index is 1320. The van der Waals surface area contributed by atoms with Crippen molar-refractivity contribution in [3.8, 4) is 6.07 Å². The molecule has 1 aliphatic heterocycles. The summed E-state index contributed by atoms with van der Waals surface area (Å²) in [5, 5.41) is 13.3. The maximum Gasteiger partial charge on any atom is 0.269 e. The number of nitriles is 1. The van der Waals surface area contributed by atoms with Crippen molar-refractivity contribution in [1.29, 1.82) is 5.26 Å². The summed E-state index contributed by atoms with van der Waals surface area (Å²) < 4.78 is 0. The number of hydrogen-bond donors (Lipinski definition) is 1. The first-order valence-corrected chi connectivity index (χ1v) is 12.0. The maximum atomic E-state index is 13.5. The molecule has 4 rings (SSSR count). The van der Waals surface area contributed by atoms with Crippen molar-refractivity contribution in [2.24, 2.45) is 0 Å². The van der Waals surface area contributed by atoms with Crippen molar-refractivity contribution in [3.05, 3.63) is 105 Å². The Morgan fingerprint density at radius 2 is 1.76 bits per heavy atom. The van der Waals surface area contributed by atoms with Gasteiger partial charge in [0.2, 0.25) is 5.91 Å². The number of carbonyl (C=O) groups excluding carboxylic acids is 2. The van der Waals surface area contributed by atoms with Gasteiger partial charge in [-0.15, -0.1) is 0 Å². The van der Waals surface area contributed by atoms with Crippen molar-refractivity contribution in [1.82, 2.24) is 0 Å². The number of thioether (sulfide) groups is 1. The molecular weight excluding hydrogens is 489 g/mol. The highest BCUT2D eigenvalue weighted by Crippen LogP contribution is 2.42. The van der Waals surface area contributed by atoms with E-state index < -0.39 is 11.2 Å². The Morgan fingerprint density at radius 3 is 2.41 bits per heavy atom. The second kappa shape index (κ2) is 10.4. The van der Waals surface area contributed by atoms with Crippen molar-refractivity contribution in [2.75, 3.05) is 10.2 Å². The van der Waals surface area contributed by atoms with Gasteiger partial charge in [-0.1, -0.05) is 76.9 Å². The minimum atomic E-state index is -0.572. The predicted molar refractivity (Wildman–Crippen MR) is 138 cm³/mol. The van der Waals surface area contributed by atoms with Crippen LogP contribution in [0.25, 0.3) is 0 Å². The van der Waals surface area contributed by atoms with Crippen molar-refractivity contribution in [3.63, 3.8) is 0 Å². The van der Waals surface area contributed by atoms with Gasteiger partial charge in [-0.3, -0.25) is 14.5 Å². The normalized spacial score (nSPS) is 16.8. The summed E-state index contributed by atoms with van der Waals surface area (Å²) in [7, 11) is 0. The summed E-state index contributed by atoms with van der Waals surface area (Å²) >= 11 is 13.4. The van der Waals surface area contributed by atoms with Crippen molar-refractivity contribution < 1.29 is 9.59 Å². The van der Waals surface area contributed by atoms with Gasteiger partial charge in [-0.05, 0) is 55.3 Å². The van der Waals surface area contributed by atoms with Crippen molar-refractivity contribution >= 4 is 58.2 Å². The van der Waals surface area contributed by atoms with E-state index in [9.17, 15) is 14.9 Å². The monoisotopic (exact) mass is 507 g/mol. The lowest BCUT2D eigenvalue weighted by Crippen LogP contribution is -2.30. The van der Waals surface area contributed by atoms with E-state index in [0.29, 0.717) is 32.9 Å². The number of benzene rings is 3. The lowest BCUT2D eigenvalue weighted by atomic mass is 10.1. The minimum absolute atomic E-state index is 0.126. The van der Waals surface area contributed by atoms with E-state index in [4.69, 9.17) is 23.2 Å². The molecule has 0 radical (unpaired) electrons. The topological polar surface area (TPSA) is 73.2 Å². The van der Waals surface area contributed by atoms with E-state index in [1.165, 1.54) is 16.7 Å². The SMILES string of the molecule is Cc1ccc(NC(=O)/C(C#N)=C2\S[C@@H](Cc3ccc(Cl)c(Cl)c3)C(=O)N2c2ccccc2)cc1. The molecule has 1 saturated heterocycles. The van der Waals surface area contributed by atoms with Gasteiger partial charge in [-0.2, -0.15) is 5.26 Å². The Balaban J connectivity index is 1.70. The van der Waals surface area contributed by atoms with Crippen molar-refractivity contribution in [2.45, 2.75) is 18.6 Å². The maximum absolute atomic E-state index is 13.5. The molecule has 8 heteroatoms. The molecule has 2 amide bonds. The van der Waals surface area contributed by atoms with E-state index in [1.54, 1.807) is 48.5 Å². The number of amides is 2. The van der Waals surface area contributed by atoms with Crippen LogP contribution >= 0.6 is 35.0 Å². The molecule has 1 atom stereocenters. The van der Waals surface area contributed by atoms with Crippen LogP contribution < -0.4 is 10.2 Å². The van der Waals surface area contributed by atoms with Crippen LogP contribution in [0.5, 0.6) is 0 Å². The summed E-state index contributed by atoms with van der Waals surface area (Å²) in [5.41, 5.74) is 2.91. The van der Waals surface area contributed by atoms with Gasteiger partial charge in [-0.25, -0.2) is 0 Å². The third kappa shape index (κ3) is 5.13. The largest absolute Gasteiger partial charge is 0.321 e. The van der Waals surface area contributed by atoms with E-state index in [-0.39, 0.29) is 11.5 Å². The van der Waals surface area contributed by atoms with Gasteiger partial charge >= 0.3 is 0 Å². The first kappa shape index (κ1) is 23.9. The van der Waals surface area contributed by atoms with E-state index in [2.05, 4.69) is 5.32 Å². The Morgan fingerprint density at radius 1 is 1.06 bits per heavy atom. The molecule has 1 aliphatic rings. The lowest BCUT2D eigenvalue weighted by Gasteiger charge is -2.18. The molecule has 0 bridgehead atoms. The van der Waals surface area contributed by atoms with Crippen LogP contribution in [0.4, 0.5) is 11.4 Å². The summed E-state index contributed by atoms with van der Waals surface area (Å²) in [6.45, 7) is 1.95. The molecule has 34 heavy (non-hydrogen) atoms. The predicted octanol–water partition coefficient (Wildman–Crippen LogP) is 6.37. The van der Waals surface area contributed by atoms with Crippen LogP contribution in [0.2, 0.25) is 10.0 Å². The van der Waals surface area contributed by atoms with Gasteiger partial charge in [0.1, 0.15) is 16.7 Å². The van der Waals surface area contributed by atoms with E-state index in [1.807, 2.05) is 37.3 Å². The molecule has 3 aromatic carbocycles. The number of halogens is 2. The number of anilines is 2. The highest BCUT2D eigenvalue weighted by atomic mass is 35.5. The van der Waals surface area contributed by atoms with Gasteiger partial charge in [0.25, 0.3) is 5.91 Å². The standard InChI is InChI=1S/C26H19Cl2N3O2S/c1-16-7-10-18(11-8-16)30-24(32)20(15-29)26-31(19-5-3-2-4-6-19)25(33)23(34-26)14-17-9-12-21(27)22(28)13-17/h2-13,23H,14H2,1H3,(H,30,32)/b26-20-/t23-/m0/s1. The third-order valence-electron chi connectivity index (χ3n) is 5.23. The van der Waals surface area contributed by atoms with Gasteiger partial charge < -0.3 is 5.32 Å². The Kier molecular flexibility index (Phi) is 7.28. The molecule has 1 N–H and O–H groups in total. The summed E-state index contributed by atoms with van der Waals surface area (Å²) in [6, 6.07) is 23.5. The third-order valence-corrected chi connectivity index (χ3v) is 7.24. The average Bonchev–Trinajstić information content (AvgIpc) is 3.14. The highest BCUT2D eigenvalue weighted by Gasteiger charge is 2.40. The molecule has 1 fully saturated rings. The number of nitrogens with zero attached hydrogens (tertiary/aromatic N) is 2.